The first kappa shape index (κ1) is 11.7. The van der Waals surface area contributed by atoms with E-state index in [1.165, 1.54) is 6.92 Å². The molecule has 0 radical (unpaired) electrons. The molecule has 0 unspecified atom stereocenters. The molecular weight excluding hydrogens is 164 g/mol. The van der Waals surface area contributed by atoms with Crippen LogP contribution in [-0.2, 0) is 4.79 Å². The highest BCUT2D eigenvalue weighted by atomic mass is 16.3. The van der Waals surface area contributed by atoms with E-state index in [9.17, 15) is 4.79 Å². The smallest absolute Gasteiger partial charge is 0.152 e. The highest BCUT2D eigenvalue weighted by Gasteiger charge is 1.91. The summed E-state index contributed by atoms with van der Waals surface area (Å²) in [5.74, 6) is 0.240. The zero-order valence-electron chi connectivity index (χ0n) is 8.37. The van der Waals surface area contributed by atoms with Crippen molar-refractivity contribution in [2.45, 2.75) is 27.2 Å². The summed E-state index contributed by atoms with van der Waals surface area (Å²) in [4.78, 5) is 10.7. The molecule has 72 valence electrons. The van der Waals surface area contributed by atoms with Crippen LogP contribution in [-0.4, -0.2) is 10.9 Å². The third kappa shape index (κ3) is 5.91. The standard InChI is InChI=1S/C11H16O2/c1-4-10(8-9(3)12)6-7-11(13)5-2/h5-8,13H,4H2,1-3H3/b7-6-,10-8+,11-5+. The average molecular weight is 180 g/mol. The molecule has 0 aromatic carbocycles. The van der Waals surface area contributed by atoms with E-state index < -0.39 is 0 Å². The van der Waals surface area contributed by atoms with Gasteiger partial charge in [0.2, 0.25) is 0 Å². The van der Waals surface area contributed by atoms with Crippen LogP contribution in [0.3, 0.4) is 0 Å². The van der Waals surface area contributed by atoms with E-state index in [-0.39, 0.29) is 11.5 Å². The van der Waals surface area contributed by atoms with Gasteiger partial charge in [0.25, 0.3) is 0 Å². The molecule has 2 heteroatoms. The molecular formula is C11H16O2. The van der Waals surface area contributed by atoms with Gasteiger partial charge in [0.05, 0.1) is 0 Å². The lowest BCUT2D eigenvalue weighted by Crippen LogP contribution is -1.85. The first-order valence-electron chi connectivity index (χ1n) is 4.34. The third-order valence-corrected chi connectivity index (χ3v) is 1.56. The lowest BCUT2D eigenvalue weighted by atomic mass is 10.1. The van der Waals surface area contributed by atoms with Crippen LogP contribution < -0.4 is 0 Å². The number of hydrogen-bond donors (Lipinski definition) is 1. The fourth-order valence-electron chi connectivity index (χ4n) is 0.818. The number of ketones is 1. The van der Waals surface area contributed by atoms with Crippen molar-refractivity contribution < 1.29 is 9.90 Å². The van der Waals surface area contributed by atoms with Crippen LogP contribution in [0.15, 0.2) is 35.6 Å². The number of aliphatic hydroxyl groups is 1. The normalized spacial score (nSPS) is 13.8. The molecule has 0 heterocycles. The summed E-state index contributed by atoms with van der Waals surface area (Å²) in [5.41, 5.74) is 0.918. The molecule has 0 aromatic rings. The van der Waals surface area contributed by atoms with Crippen LogP contribution in [0.25, 0.3) is 0 Å². The molecule has 1 N–H and O–H groups in total. The Bertz CT molecular complexity index is 257. The van der Waals surface area contributed by atoms with E-state index in [2.05, 4.69) is 0 Å². The largest absolute Gasteiger partial charge is 0.508 e. The van der Waals surface area contributed by atoms with Gasteiger partial charge in [-0.25, -0.2) is 0 Å². The molecule has 0 aliphatic rings. The maximum absolute atomic E-state index is 10.7. The number of aliphatic hydroxyl groups excluding tert-OH is 1. The summed E-state index contributed by atoms with van der Waals surface area (Å²) in [6.45, 7) is 5.23. The maximum Gasteiger partial charge on any atom is 0.152 e. The lowest BCUT2D eigenvalue weighted by molar-refractivity contribution is -0.112. The molecule has 0 fully saturated rings. The van der Waals surface area contributed by atoms with Gasteiger partial charge in [0, 0.05) is 0 Å². The molecule has 0 bridgehead atoms. The summed E-state index contributed by atoms with van der Waals surface area (Å²) in [6, 6.07) is 0. The first-order chi connectivity index (χ1) is 6.10. The van der Waals surface area contributed by atoms with Crippen molar-refractivity contribution >= 4 is 5.78 Å². The topological polar surface area (TPSA) is 37.3 Å². The van der Waals surface area contributed by atoms with Crippen molar-refractivity contribution in [2.24, 2.45) is 0 Å². The van der Waals surface area contributed by atoms with Crippen molar-refractivity contribution in [1.82, 2.24) is 0 Å². The van der Waals surface area contributed by atoms with Gasteiger partial charge in [-0.1, -0.05) is 13.0 Å². The Morgan fingerprint density at radius 3 is 2.38 bits per heavy atom. The number of carbonyl (C=O) groups is 1. The lowest BCUT2D eigenvalue weighted by Gasteiger charge is -1.94. The summed E-state index contributed by atoms with van der Waals surface area (Å²) < 4.78 is 0. The van der Waals surface area contributed by atoms with Crippen LogP contribution in [0, 0.1) is 0 Å². The minimum absolute atomic E-state index is 0.0291. The van der Waals surface area contributed by atoms with E-state index in [0.29, 0.717) is 0 Å². The highest BCUT2D eigenvalue weighted by molar-refractivity contribution is 5.88. The number of allylic oxidation sites excluding steroid dienone is 5. The predicted molar refractivity (Wildman–Crippen MR) is 54.6 cm³/mol. The highest BCUT2D eigenvalue weighted by Crippen LogP contribution is 2.04. The molecule has 0 saturated carbocycles. The first-order valence-corrected chi connectivity index (χ1v) is 4.34. The minimum atomic E-state index is 0.0291. The van der Waals surface area contributed by atoms with Gasteiger partial charge in [0.1, 0.15) is 5.76 Å². The minimum Gasteiger partial charge on any atom is -0.508 e. The third-order valence-electron chi connectivity index (χ3n) is 1.56. The van der Waals surface area contributed by atoms with Gasteiger partial charge in [-0.05, 0) is 44.1 Å². The van der Waals surface area contributed by atoms with Crippen molar-refractivity contribution in [3.05, 3.63) is 35.6 Å². The SMILES string of the molecule is C\C=C(O)/C=C\C(=C\C(C)=O)CC. The number of rotatable bonds is 4. The van der Waals surface area contributed by atoms with Gasteiger partial charge < -0.3 is 5.11 Å². The van der Waals surface area contributed by atoms with Gasteiger partial charge in [-0.3, -0.25) is 4.79 Å². The second-order valence-electron chi connectivity index (χ2n) is 2.73. The van der Waals surface area contributed by atoms with Crippen LogP contribution in [0.2, 0.25) is 0 Å². The van der Waals surface area contributed by atoms with Crippen LogP contribution in [0.1, 0.15) is 27.2 Å². The molecule has 2 nitrogen and oxygen atoms in total. The molecule has 0 saturated heterocycles. The monoisotopic (exact) mass is 180 g/mol. The van der Waals surface area contributed by atoms with E-state index in [1.54, 1.807) is 31.2 Å². The zero-order chi connectivity index (χ0) is 10.3. The second kappa shape index (κ2) is 6.23. The van der Waals surface area contributed by atoms with Gasteiger partial charge in [-0.15, -0.1) is 0 Å². The molecule has 0 aliphatic heterocycles. The molecule has 0 atom stereocenters. The molecule has 0 rings (SSSR count). The fraction of sp³-hybridized carbons (Fsp3) is 0.364. The summed E-state index contributed by atoms with van der Waals surface area (Å²) in [5, 5.41) is 9.10. The van der Waals surface area contributed by atoms with Crippen LogP contribution in [0.5, 0.6) is 0 Å². The Hall–Kier alpha value is -1.31. The van der Waals surface area contributed by atoms with E-state index in [1.807, 2.05) is 6.92 Å². The average Bonchev–Trinajstić information content (AvgIpc) is 2.10. The Labute approximate surface area is 79.3 Å². The number of carbonyl (C=O) groups excluding carboxylic acids is 1. The van der Waals surface area contributed by atoms with Crippen molar-refractivity contribution in [3.63, 3.8) is 0 Å². The molecule has 0 aliphatic carbocycles. The van der Waals surface area contributed by atoms with Gasteiger partial charge in [-0.2, -0.15) is 0 Å². The summed E-state index contributed by atoms with van der Waals surface area (Å²) >= 11 is 0. The van der Waals surface area contributed by atoms with E-state index in [0.717, 1.165) is 12.0 Å². The van der Waals surface area contributed by atoms with Crippen LogP contribution in [0.4, 0.5) is 0 Å². The molecule has 0 spiro atoms. The Morgan fingerprint density at radius 2 is 2.00 bits per heavy atom. The predicted octanol–water partition coefficient (Wildman–Crippen LogP) is 2.93. The van der Waals surface area contributed by atoms with Crippen molar-refractivity contribution in [1.29, 1.82) is 0 Å². The Kier molecular flexibility index (Phi) is 5.60. The van der Waals surface area contributed by atoms with E-state index >= 15 is 0 Å². The van der Waals surface area contributed by atoms with Gasteiger partial charge in [0.15, 0.2) is 5.78 Å². The second-order valence-corrected chi connectivity index (χ2v) is 2.73. The molecule has 0 aromatic heterocycles. The van der Waals surface area contributed by atoms with E-state index in [4.69, 9.17) is 5.11 Å². The summed E-state index contributed by atoms with van der Waals surface area (Å²) in [7, 11) is 0. The van der Waals surface area contributed by atoms with Crippen molar-refractivity contribution in [2.75, 3.05) is 0 Å². The number of hydrogen-bond acceptors (Lipinski definition) is 2. The quantitative estimate of drug-likeness (QED) is 0.410. The van der Waals surface area contributed by atoms with Crippen molar-refractivity contribution in [3.8, 4) is 0 Å². The molecule has 0 amide bonds. The summed E-state index contributed by atoms with van der Waals surface area (Å²) in [6.07, 6.45) is 7.28. The maximum atomic E-state index is 10.7. The Morgan fingerprint density at radius 1 is 1.38 bits per heavy atom. The molecule has 13 heavy (non-hydrogen) atoms. The Balaban J connectivity index is 4.46. The van der Waals surface area contributed by atoms with Gasteiger partial charge >= 0.3 is 0 Å². The zero-order valence-corrected chi connectivity index (χ0v) is 8.37. The van der Waals surface area contributed by atoms with Crippen LogP contribution >= 0.6 is 0 Å². The fourth-order valence-corrected chi connectivity index (χ4v) is 0.818.